The van der Waals surface area contributed by atoms with Crippen molar-refractivity contribution in [3.63, 3.8) is 0 Å². The molecule has 0 aromatic rings. The number of aliphatic hydroxyl groups is 2. The fourth-order valence-electron chi connectivity index (χ4n) is 1.36. The lowest BCUT2D eigenvalue weighted by Crippen LogP contribution is -2.40. The van der Waals surface area contributed by atoms with Crippen LogP contribution >= 0.6 is 0 Å². The highest BCUT2D eigenvalue weighted by Crippen LogP contribution is 2.16. The molecule has 4 heteroatoms. The number of hydrogen-bond donors (Lipinski definition) is 2. The molecule has 0 bridgehead atoms. The van der Waals surface area contributed by atoms with E-state index in [0.717, 1.165) is 0 Å². The molecule has 0 spiro atoms. The van der Waals surface area contributed by atoms with Gasteiger partial charge in [0, 0.05) is 13.1 Å². The van der Waals surface area contributed by atoms with Crippen LogP contribution in [0.2, 0.25) is 0 Å². The number of hydrogen-bond acceptors (Lipinski definition) is 4. The minimum Gasteiger partial charge on any atom is -0.392 e. The molecule has 0 amide bonds. The first-order valence-electron chi connectivity index (χ1n) is 4.66. The van der Waals surface area contributed by atoms with Crippen LogP contribution in [0, 0.1) is 0 Å². The first kappa shape index (κ1) is 10.9. The Morgan fingerprint density at radius 2 is 2.08 bits per heavy atom. The molecule has 0 aromatic carbocycles. The van der Waals surface area contributed by atoms with Gasteiger partial charge in [-0.05, 0) is 27.2 Å². The number of nitrogens with zero attached hydrogens (tertiary/aromatic N) is 1. The highest BCUT2D eigenvalue weighted by atomic mass is 16.6. The van der Waals surface area contributed by atoms with Gasteiger partial charge in [0.25, 0.3) is 0 Å². The zero-order valence-electron chi connectivity index (χ0n) is 8.53. The Labute approximate surface area is 79.1 Å². The first-order chi connectivity index (χ1) is 5.88. The van der Waals surface area contributed by atoms with E-state index in [1.54, 1.807) is 4.90 Å². The van der Waals surface area contributed by atoms with E-state index >= 15 is 0 Å². The molecule has 0 saturated carbocycles. The summed E-state index contributed by atoms with van der Waals surface area (Å²) in [6.07, 6.45) is -0.500. The number of aliphatic hydroxyl groups excluding tert-OH is 2. The molecule has 13 heavy (non-hydrogen) atoms. The van der Waals surface area contributed by atoms with E-state index < -0.39 is 6.41 Å². The molecule has 1 fully saturated rings. The van der Waals surface area contributed by atoms with Gasteiger partial charge in [-0.2, -0.15) is 0 Å². The molecular weight excluding hydrogens is 170 g/mol. The summed E-state index contributed by atoms with van der Waals surface area (Å²) in [7, 11) is 0. The molecule has 2 atom stereocenters. The summed E-state index contributed by atoms with van der Waals surface area (Å²) in [4.78, 5) is 1.73. The molecule has 1 rings (SSSR count). The van der Waals surface area contributed by atoms with E-state index in [1.165, 1.54) is 0 Å². The van der Waals surface area contributed by atoms with Crippen LogP contribution in [0.3, 0.4) is 0 Å². The van der Waals surface area contributed by atoms with Crippen molar-refractivity contribution >= 4 is 0 Å². The topological polar surface area (TPSA) is 52.9 Å². The lowest BCUT2D eigenvalue weighted by atomic mass is 10.2. The number of likely N-dealkylation sites (tertiary alicyclic amines) is 1. The first-order valence-corrected chi connectivity index (χ1v) is 4.66. The summed E-state index contributed by atoms with van der Waals surface area (Å²) >= 11 is 0. The summed E-state index contributed by atoms with van der Waals surface area (Å²) < 4.78 is 5.34. The van der Waals surface area contributed by atoms with Gasteiger partial charge in [-0.15, -0.1) is 0 Å². The van der Waals surface area contributed by atoms with Crippen molar-refractivity contribution in [2.45, 2.75) is 45.3 Å². The molecule has 78 valence electrons. The standard InChI is InChI=1S/C9H19NO3/c1-9(2,3)13-8(12)10-5-4-7(11)6-10/h7-8,11-12H,4-6H2,1-3H3/t7-,8?/m0/s1. The molecule has 1 aliphatic heterocycles. The SMILES string of the molecule is CC(C)(C)OC(O)N1CC[C@H](O)C1. The zero-order chi connectivity index (χ0) is 10.1. The lowest BCUT2D eigenvalue weighted by molar-refractivity contribution is -0.235. The average molecular weight is 189 g/mol. The Balaban J connectivity index is 2.36. The molecule has 1 aliphatic rings. The fourth-order valence-corrected chi connectivity index (χ4v) is 1.36. The molecule has 4 nitrogen and oxygen atoms in total. The second kappa shape index (κ2) is 3.92. The molecule has 1 saturated heterocycles. The van der Waals surface area contributed by atoms with Gasteiger partial charge in [0.15, 0.2) is 0 Å². The molecule has 0 aliphatic carbocycles. The van der Waals surface area contributed by atoms with Gasteiger partial charge in [0.05, 0.1) is 11.7 Å². The Kier molecular flexibility index (Phi) is 3.29. The number of ether oxygens (including phenoxy) is 1. The number of rotatable bonds is 2. The largest absolute Gasteiger partial charge is 0.392 e. The van der Waals surface area contributed by atoms with Crippen LogP contribution in [0.25, 0.3) is 0 Å². The van der Waals surface area contributed by atoms with Crippen molar-refractivity contribution in [3.05, 3.63) is 0 Å². The average Bonchev–Trinajstić information content (AvgIpc) is 2.31. The number of β-amino-alcohol motifs (C(OH)–C–C–N with tert-alkyl or cyclic N) is 1. The molecule has 0 radical (unpaired) electrons. The van der Waals surface area contributed by atoms with Gasteiger partial charge in [0.2, 0.25) is 6.41 Å². The van der Waals surface area contributed by atoms with Gasteiger partial charge >= 0.3 is 0 Å². The lowest BCUT2D eigenvalue weighted by Gasteiger charge is -2.29. The Morgan fingerprint density at radius 3 is 2.46 bits per heavy atom. The molecule has 1 heterocycles. The summed E-state index contributed by atoms with van der Waals surface area (Å²) in [6, 6.07) is 0. The van der Waals surface area contributed by atoms with Crippen LogP contribution in [0.4, 0.5) is 0 Å². The Morgan fingerprint density at radius 1 is 1.46 bits per heavy atom. The quantitative estimate of drug-likeness (QED) is 0.607. The monoisotopic (exact) mass is 189 g/mol. The third kappa shape index (κ3) is 3.60. The van der Waals surface area contributed by atoms with E-state index in [1.807, 2.05) is 20.8 Å². The van der Waals surface area contributed by atoms with Gasteiger partial charge in [-0.1, -0.05) is 0 Å². The molecule has 2 N–H and O–H groups in total. The Bertz CT molecular complexity index is 167. The van der Waals surface area contributed by atoms with Crippen molar-refractivity contribution in [2.24, 2.45) is 0 Å². The predicted molar refractivity (Wildman–Crippen MR) is 49.0 cm³/mol. The van der Waals surface area contributed by atoms with E-state index in [0.29, 0.717) is 19.5 Å². The van der Waals surface area contributed by atoms with Crippen molar-refractivity contribution in [1.29, 1.82) is 0 Å². The summed E-state index contributed by atoms with van der Waals surface area (Å²) in [5.74, 6) is 0. The maximum absolute atomic E-state index is 9.59. The minimum atomic E-state index is -0.892. The van der Waals surface area contributed by atoms with Crippen LogP contribution in [-0.4, -0.2) is 46.3 Å². The van der Waals surface area contributed by atoms with Gasteiger partial charge < -0.3 is 14.9 Å². The third-order valence-corrected chi connectivity index (χ3v) is 1.97. The highest BCUT2D eigenvalue weighted by Gasteiger charge is 2.28. The zero-order valence-corrected chi connectivity index (χ0v) is 8.53. The van der Waals surface area contributed by atoms with Crippen LogP contribution in [0.5, 0.6) is 0 Å². The van der Waals surface area contributed by atoms with E-state index in [4.69, 9.17) is 4.74 Å². The normalized spacial score (nSPS) is 27.9. The second-order valence-corrected chi connectivity index (χ2v) is 4.49. The van der Waals surface area contributed by atoms with E-state index in [9.17, 15) is 10.2 Å². The summed E-state index contributed by atoms with van der Waals surface area (Å²) in [5, 5.41) is 18.8. The predicted octanol–water partition coefficient (Wildman–Crippen LogP) is 0.144. The maximum atomic E-state index is 9.59. The fraction of sp³-hybridized carbons (Fsp3) is 1.00. The van der Waals surface area contributed by atoms with E-state index in [2.05, 4.69) is 0 Å². The van der Waals surface area contributed by atoms with Gasteiger partial charge in [-0.3, -0.25) is 4.90 Å². The smallest absolute Gasteiger partial charge is 0.216 e. The van der Waals surface area contributed by atoms with Gasteiger partial charge in [-0.25, -0.2) is 0 Å². The van der Waals surface area contributed by atoms with Crippen LogP contribution in [-0.2, 0) is 4.74 Å². The minimum absolute atomic E-state index is 0.321. The molecule has 1 unspecified atom stereocenters. The second-order valence-electron chi connectivity index (χ2n) is 4.49. The van der Waals surface area contributed by atoms with Crippen LogP contribution in [0.1, 0.15) is 27.2 Å². The molecular formula is C9H19NO3. The van der Waals surface area contributed by atoms with Crippen LogP contribution < -0.4 is 0 Å². The molecule has 0 aromatic heterocycles. The van der Waals surface area contributed by atoms with E-state index in [-0.39, 0.29) is 11.7 Å². The van der Waals surface area contributed by atoms with Crippen molar-refractivity contribution in [3.8, 4) is 0 Å². The van der Waals surface area contributed by atoms with Crippen molar-refractivity contribution in [1.82, 2.24) is 4.90 Å². The summed E-state index contributed by atoms with van der Waals surface area (Å²) in [5.41, 5.74) is -0.354. The van der Waals surface area contributed by atoms with Crippen molar-refractivity contribution in [2.75, 3.05) is 13.1 Å². The Hall–Kier alpha value is -0.160. The van der Waals surface area contributed by atoms with Crippen molar-refractivity contribution < 1.29 is 14.9 Å². The van der Waals surface area contributed by atoms with Crippen LogP contribution in [0.15, 0.2) is 0 Å². The van der Waals surface area contributed by atoms with Gasteiger partial charge in [0.1, 0.15) is 0 Å². The summed E-state index contributed by atoms with van der Waals surface area (Å²) in [6.45, 7) is 6.86. The maximum Gasteiger partial charge on any atom is 0.216 e. The third-order valence-electron chi connectivity index (χ3n) is 1.97. The highest BCUT2D eigenvalue weighted by molar-refractivity contribution is 4.74.